The number of hydrogen-bond acceptors (Lipinski definition) is 1. The van der Waals surface area contributed by atoms with E-state index in [1.807, 2.05) is 43.3 Å². The minimum atomic E-state index is -0.0106. The molecule has 0 bridgehead atoms. The van der Waals surface area contributed by atoms with Gasteiger partial charge < -0.3 is 4.74 Å². The van der Waals surface area contributed by atoms with E-state index in [9.17, 15) is 0 Å². The highest BCUT2D eigenvalue weighted by Crippen LogP contribution is 2.45. The summed E-state index contributed by atoms with van der Waals surface area (Å²) in [5.41, 5.74) is 0.933. The largest absolute Gasteiger partial charge is 0.490 e. The average molecular weight is 451 g/mol. The predicted octanol–water partition coefficient (Wildman–Crippen LogP) is 9.59. The Hall–Kier alpha value is -1.83. The first-order valence-electron chi connectivity index (χ1n) is 13.7. The Morgan fingerprint density at radius 3 is 2.33 bits per heavy atom. The molecule has 2 fully saturated rings. The van der Waals surface area contributed by atoms with Crippen molar-refractivity contribution in [2.45, 2.75) is 96.8 Å². The Labute approximate surface area is 200 Å². The number of rotatable bonds is 9. The second-order valence-electron chi connectivity index (χ2n) is 10.6. The van der Waals surface area contributed by atoms with E-state index in [-0.39, 0.29) is 5.82 Å². The van der Waals surface area contributed by atoms with Crippen molar-refractivity contribution in [3.05, 3.63) is 53.9 Å². The Morgan fingerprint density at radius 2 is 1.64 bits per heavy atom. The molecule has 0 N–H and O–H groups in total. The Bertz CT molecular complexity index is 901. The zero-order chi connectivity index (χ0) is 23.0. The molecule has 0 spiro atoms. The van der Waals surface area contributed by atoms with Crippen molar-refractivity contribution in [3.8, 4) is 5.75 Å². The van der Waals surface area contributed by atoms with Gasteiger partial charge in [-0.2, -0.15) is 0 Å². The van der Waals surface area contributed by atoms with Crippen molar-refractivity contribution >= 4 is 10.8 Å². The highest BCUT2D eigenvalue weighted by Gasteiger charge is 2.32. The second-order valence-corrected chi connectivity index (χ2v) is 10.6. The molecule has 2 saturated carbocycles. The average Bonchev–Trinajstić information content (AvgIpc) is 2.85. The molecule has 0 radical (unpaired) electrons. The van der Waals surface area contributed by atoms with Crippen LogP contribution in [0.25, 0.3) is 10.8 Å². The summed E-state index contributed by atoms with van der Waals surface area (Å²) < 4.78 is 21.2. The van der Waals surface area contributed by atoms with Gasteiger partial charge in [0.25, 0.3) is 0 Å². The summed E-state index contributed by atoms with van der Waals surface area (Å²) in [5, 5.41) is 1.66. The Balaban J connectivity index is 1.31. The third-order valence-corrected chi connectivity index (χ3v) is 8.52. The molecule has 2 aromatic carbocycles. The Morgan fingerprint density at radius 1 is 0.909 bits per heavy atom. The topological polar surface area (TPSA) is 9.23 Å². The van der Waals surface area contributed by atoms with Crippen LogP contribution in [-0.2, 0) is 0 Å². The van der Waals surface area contributed by atoms with Gasteiger partial charge in [0.05, 0.1) is 0 Å². The van der Waals surface area contributed by atoms with Crippen LogP contribution in [0.5, 0.6) is 5.75 Å². The second kappa shape index (κ2) is 12.0. The van der Waals surface area contributed by atoms with E-state index in [0.717, 1.165) is 52.7 Å². The predicted molar refractivity (Wildman–Crippen MR) is 139 cm³/mol. The van der Waals surface area contributed by atoms with Gasteiger partial charge in [-0.3, -0.25) is 0 Å². The van der Waals surface area contributed by atoms with Crippen molar-refractivity contribution in [3.63, 3.8) is 0 Å². The first-order chi connectivity index (χ1) is 16.2. The van der Waals surface area contributed by atoms with Crippen LogP contribution < -0.4 is 4.74 Å². The normalized spacial score (nSPS) is 26.2. The number of benzene rings is 2. The molecule has 33 heavy (non-hydrogen) atoms. The summed E-state index contributed by atoms with van der Waals surface area (Å²) in [7, 11) is 0. The van der Waals surface area contributed by atoms with E-state index in [1.54, 1.807) is 0 Å². The molecule has 0 amide bonds. The number of fused-ring (bicyclic) bond motifs is 1. The first-order valence-corrected chi connectivity index (χ1v) is 13.7. The van der Waals surface area contributed by atoms with Crippen molar-refractivity contribution < 1.29 is 9.13 Å². The van der Waals surface area contributed by atoms with Gasteiger partial charge in [-0.1, -0.05) is 69.7 Å². The standard InChI is InChI=1S/C31H43FO/c1-3-5-7-8-23-9-11-24(12-10-23)25-13-15-26(16-14-25)29-19-17-27-22-28(33-21-6-4-2)18-20-30(27)31(29)32/h4,6,17-20,22-26H,3,5,7-16,21H2,1-2H3. The lowest BCUT2D eigenvalue weighted by Gasteiger charge is -2.38. The van der Waals surface area contributed by atoms with Crippen LogP contribution in [0.2, 0.25) is 0 Å². The van der Waals surface area contributed by atoms with Gasteiger partial charge in [0.15, 0.2) is 0 Å². The van der Waals surface area contributed by atoms with E-state index in [0.29, 0.717) is 12.5 Å². The maximum absolute atomic E-state index is 15.5. The zero-order valence-corrected chi connectivity index (χ0v) is 20.8. The number of allylic oxidation sites excluding steroid dienone is 1. The fourth-order valence-corrected chi connectivity index (χ4v) is 6.47. The van der Waals surface area contributed by atoms with Gasteiger partial charge in [-0.25, -0.2) is 4.39 Å². The quantitative estimate of drug-likeness (QED) is 0.273. The lowest BCUT2D eigenvalue weighted by molar-refractivity contribution is 0.155. The first kappa shape index (κ1) is 24.3. The van der Waals surface area contributed by atoms with E-state index in [1.165, 1.54) is 64.2 Å². The molecule has 0 unspecified atom stereocenters. The van der Waals surface area contributed by atoms with Gasteiger partial charge >= 0.3 is 0 Å². The summed E-state index contributed by atoms with van der Waals surface area (Å²) in [6.45, 7) is 4.83. The molecule has 2 aliphatic carbocycles. The third-order valence-electron chi connectivity index (χ3n) is 8.52. The maximum Gasteiger partial charge on any atom is 0.134 e. The molecule has 1 nitrogen and oxygen atoms in total. The molecule has 4 rings (SSSR count). The van der Waals surface area contributed by atoms with Gasteiger partial charge in [0, 0.05) is 5.39 Å². The molecule has 180 valence electrons. The molecule has 0 saturated heterocycles. The van der Waals surface area contributed by atoms with Crippen LogP contribution in [-0.4, -0.2) is 6.61 Å². The lowest BCUT2D eigenvalue weighted by Crippen LogP contribution is -2.25. The van der Waals surface area contributed by atoms with Crippen LogP contribution >= 0.6 is 0 Å². The van der Waals surface area contributed by atoms with Gasteiger partial charge in [-0.05, 0) is 98.3 Å². The molecule has 0 heterocycles. The Kier molecular flexibility index (Phi) is 8.87. The van der Waals surface area contributed by atoms with E-state index in [4.69, 9.17) is 4.74 Å². The van der Waals surface area contributed by atoms with Gasteiger partial charge in [0.2, 0.25) is 0 Å². The molecular formula is C31H43FO. The number of unbranched alkanes of at least 4 members (excludes halogenated alkanes) is 2. The number of hydrogen-bond donors (Lipinski definition) is 0. The minimum absolute atomic E-state index is 0.0106. The lowest BCUT2D eigenvalue weighted by atomic mass is 9.68. The summed E-state index contributed by atoms with van der Waals surface area (Å²) in [6, 6.07) is 9.88. The van der Waals surface area contributed by atoms with E-state index < -0.39 is 0 Å². The summed E-state index contributed by atoms with van der Waals surface area (Å²) in [5.74, 6) is 3.96. The fraction of sp³-hybridized carbons (Fsp3) is 0.613. The maximum atomic E-state index is 15.5. The molecule has 2 heteroatoms. The smallest absolute Gasteiger partial charge is 0.134 e. The number of halogens is 1. The highest BCUT2D eigenvalue weighted by molar-refractivity contribution is 5.85. The van der Waals surface area contributed by atoms with Crippen molar-refractivity contribution in [1.29, 1.82) is 0 Å². The van der Waals surface area contributed by atoms with Crippen LogP contribution in [0.3, 0.4) is 0 Å². The third kappa shape index (κ3) is 6.19. The summed E-state index contributed by atoms with van der Waals surface area (Å²) >= 11 is 0. The van der Waals surface area contributed by atoms with E-state index >= 15 is 4.39 Å². The van der Waals surface area contributed by atoms with E-state index in [2.05, 4.69) is 13.0 Å². The van der Waals surface area contributed by atoms with Crippen LogP contribution in [0, 0.1) is 23.6 Å². The monoisotopic (exact) mass is 450 g/mol. The summed E-state index contributed by atoms with van der Waals surface area (Å²) in [4.78, 5) is 0. The molecule has 2 aliphatic rings. The molecule has 0 aromatic heterocycles. The van der Waals surface area contributed by atoms with Gasteiger partial charge in [0.1, 0.15) is 18.2 Å². The highest BCUT2D eigenvalue weighted by atomic mass is 19.1. The van der Waals surface area contributed by atoms with Crippen molar-refractivity contribution in [1.82, 2.24) is 0 Å². The van der Waals surface area contributed by atoms with Crippen LogP contribution in [0.1, 0.15) is 102 Å². The number of ether oxygens (including phenoxy) is 1. The fourth-order valence-electron chi connectivity index (χ4n) is 6.47. The molecule has 2 aromatic rings. The molecule has 0 atom stereocenters. The SMILES string of the molecule is CC=CCOc1ccc2c(F)c(C3CCC(C4CCC(CCCCC)CC4)CC3)ccc2c1. The van der Waals surface area contributed by atoms with Crippen molar-refractivity contribution in [2.24, 2.45) is 17.8 Å². The minimum Gasteiger partial charge on any atom is -0.490 e. The molecule has 0 aliphatic heterocycles. The van der Waals surface area contributed by atoms with Crippen LogP contribution in [0.15, 0.2) is 42.5 Å². The zero-order valence-electron chi connectivity index (χ0n) is 20.8. The van der Waals surface area contributed by atoms with Crippen LogP contribution in [0.4, 0.5) is 4.39 Å². The van der Waals surface area contributed by atoms with Crippen molar-refractivity contribution in [2.75, 3.05) is 6.61 Å². The summed E-state index contributed by atoms with van der Waals surface area (Å²) in [6.07, 6.45) is 20.2. The molecular weight excluding hydrogens is 407 g/mol. The van der Waals surface area contributed by atoms with Gasteiger partial charge in [-0.15, -0.1) is 0 Å².